The predicted molar refractivity (Wildman–Crippen MR) is 99.8 cm³/mol. The lowest BCUT2D eigenvalue weighted by Crippen LogP contribution is -2.15. The van der Waals surface area contributed by atoms with Gasteiger partial charge in [0, 0.05) is 10.6 Å². The van der Waals surface area contributed by atoms with Crippen LogP contribution in [0.5, 0.6) is 0 Å². The number of anilines is 1. The van der Waals surface area contributed by atoms with Gasteiger partial charge in [-0.2, -0.15) is 0 Å². The van der Waals surface area contributed by atoms with Crippen molar-refractivity contribution in [2.45, 2.75) is 20.8 Å². The zero-order chi connectivity index (χ0) is 18.8. The fourth-order valence-corrected chi connectivity index (χ4v) is 3.44. The van der Waals surface area contributed by atoms with E-state index in [1.807, 2.05) is 26.8 Å². The Labute approximate surface area is 154 Å². The molecule has 0 saturated heterocycles. The van der Waals surface area contributed by atoms with E-state index < -0.39 is 5.97 Å². The van der Waals surface area contributed by atoms with E-state index in [1.165, 1.54) is 18.4 Å². The molecular formula is C19H18N2O4S. The van der Waals surface area contributed by atoms with Gasteiger partial charge in [-0.15, -0.1) is 11.3 Å². The molecule has 6 nitrogen and oxygen atoms in total. The van der Waals surface area contributed by atoms with Crippen molar-refractivity contribution in [1.29, 1.82) is 0 Å². The Balaban J connectivity index is 1.89. The highest BCUT2D eigenvalue weighted by atomic mass is 32.1. The monoisotopic (exact) mass is 370 g/mol. The summed E-state index contributed by atoms with van der Waals surface area (Å²) in [4.78, 5) is 29.7. The molecule has 0 fully saturated rings. The minimum Gasteiger partial charge on any atom is -0.465 e. The minimum absolute atomic E-state index is 0.333. The number of nitrogens with one attached hydrogen (secondary N) is 1. The van der Waals surface area contributed by atoms with Crippen molar-refractivity contribution in [1.82, 2.24) is 4.98 Å². The molecule has 0 bridgehead atoms. The second-order valence-electron chi connectivity index (χ2n) is 5.81. The topological polar surface area (TPSA) is 81.4 Å². The molecule has 7 heteroatoms. The Morgan fingerprint density at radius 2 is 2.00 bits per heavy atom. The molecule has 0 atom stereocenters. The van der Waals surface area contributed by atoms with Crippen molar-refractivity contribution >= 4 is 28.9 Å². The molecule has 1 amide bonds. The third kappa shape index (κ3) is 3.39. The molecule has 0 radical (unpaired) electrons. The lowest BCUT2D eigenvalue weighted by atomic mass is 10.0. The molecule has 0 spiro atoms. The van der Waals surface area contributed by atoms with Gasteiger partial charge in [0.2, 0.25) is 0 Å². The summed E-state index contributed by atoms with van der Waals surface area (Å²) in [6.45, 7) is 5.55. The first kappa shape index (κ1) is 17.9. The minimum atomic E-state index is -0.438. The molecule has 1 aromatic carbocycles. The first-order valence-electron chi connectivity index (χ1n) is 7.93. The van der Waals surface area contributed by atoms with Gasteiger partial charge < -0.3 is 14.5 Å². The van der Waals surface area contributed by atoms with Crippen LogP contribution in [0.3, 0.4) is 0 Å². The summed E-state index contributed by atoms with van der Waals surface area (Å²) in [6.07, 6.45) is 1.56. The molecule has 3 rings (SSSR count). The molecular weight excluding hydrogens is 352 g/mol. The Bertz CT molecular complexity index is 974. The van der Waals surface area contributed by atoms with Crippen molar-refractivity contribution in [2.75, 3.05) is 12.4 Å². The van der Waals surface area contributed by atoms with Gasteiger partial charge in [0.05, 0.1) is 18.9 Å². The van der Waals surface area contributed by atoms with Crippen LogP contribution in [0.15, 0.2) is 34.9 Å². The first-order chi connectivity index (χ1) is 12.4. The lowest BCUT2D eigenvalue weighted by molar-refractivity contribution is 0.0599. The number of benzene rings is 1. The second kappa shape index (κ2) is 7.13. The summed E-state index contributed by atoms with van der Waals surface area (Å²) in [5.74, 6) is -0.154. The van der Waals surface area contributed by atoms with E-state index in [2.05, 4.69) is 10.3 Å². The summed E-state index contributed by atoms with van der Waals surface area (Å²) >= 11 is 1.39. The zero-order valence-corrected chi connectivity index (χ0v) is 15.7. The zero-order valence-electron chi connectivity index (χ0n) is 14.9. The van der Waals surface area contributed by atoms with Crippen molar-refractivity contribution in [3.63, 3.8) is 0 Å². The number of ether oxygens (including phenoxy) is 1. The van der Waals surface area contributed by atoms with Crippen molar-refractivity contribution < 1.29 is 18.7 Å². The van der Waals surface area contributed by atoms with Crippen molar-refractivity contribution in [2.24, 2.45) is 0 Å². The van der Waals surface area contributed by atoms with Crippen LogP contribution in [-0.4, -0.2) is 24.0 Å². The highest BCUT2D eigenvalue weighted by Crippen LogP contribution is 2.29. The van der Waals surface area contributed by atoms with E-state index in [9.17, 15) is 9.59 Å². The van der Waals surface area contributed by atoms with Crippen LogP contribution in [0.2, 0.25) is 0 Å². The summed E-state index contributed by atoms with van der Waals surface area (Å²) < 4.78 is 10.1. The van der Waals surface area contributed by atoms with Crippen LogP contribution in [0.1, 0.15) is 36.9 Å². The molecule has 134 valence electrons. The second-order valence-corrected chi connectivity index (χ2v) is 7.02. The maximum atomic E-state index is 12.7. The number of aromatic nitrogens is 1. The highest BCUT2D eigenvalue weighted by Gasteiger charge is 2.19. The van der Waals surface area contributed by atoms with E-state index in [1.54, 1.807) is 24.5 Å². The molecule has 1 N–H and O–H groups in total. The van der Waals surface area contributed by atoms with Crippen LogP contribution >= 0.6 is 11.3 Å². The van der Waals surface area contributed by atoms with Crippen LogP contribution in [0, 0.1) is 20.8 Å². The molecule has 0 saturated carbocycles. The third-order valence-corrected chi connectivity index (χ3v) is 5.06. The molecule has 0 unspecified atom stereocenters. The average molecular weight is 370 g/mol. The fraction of sp³-hybridized carbons (Fsp3) is 0.211. The number of methoxy groups -OCH3 is 1. The van der Waals surface area contributed by atoms with E-state index in [0.717, 1.165) is 16.0 Å². The maximum Gasteiger partial charge on any atom is 0.338 e. The summed E-state index contributed by atoms with van der Waals surface area (Å²) in [5.41, 5.74) is 2.98. The molecule has 2 aromatic heterocycles. The third-order valence-electron chi connectivity index (χ3n) is 4.07. The molecule has 3 aromatic rings. The van der Waals surface area contributed by atoms with E-state index in [-0.39, 0.29) is 5.91 Å². The van der Waals surface area contributed by atoms with E-state index in [4.69, 9.17) is 9.15 Å². The number of amides is 1. The molecule has 0 aliphatic rings. The van der Waals surface area contributed by atoms with Gasteiger partial charge in [-0.25, -0.2) is 9.78 Å². The fourth-order valence-electron chi connectivity index (χ4n) is 2.56. The Morgan fingerprint density at radius 3 is 2.65 bits per heavy atom. The lowest BCUT2D eigenvalue weighted by Gasteiger charge is -2.11. The standard InChI is InChI=1S/C19H18N2O4S/c1-10-8-13(9-14(11(10)2)19(23)24-4)20-17(22)16-12(3)26-18(21-16)15-6-5-7-25-15/h5-9H,1-4H3,(H,20,22). The van der Waals surface area contributed by atoms with Gasteiger partial charge in [-0.3, -0.25) is 4.79 Å². The largest absolute Gasteiger partial charge is 0.465 e. The number of aryl methyl sites for hydroxylation is 2. The normalized spacial score (nSPS) is 10.6. The van der Waals surface area contributed by atoms with Gasteiger partial charge in [0.15, 0.2) is 10.8 Å². The number of furan rings is 1. The van der Waals surface area contributed by atoms with Gasteiger partial charge in [0.1, 0.15) is 5.69 Å². The Hall–Kier alpha value is -2.93. The number of rotatable bonds is 4. The van der Waals surface area contributed by atoms with Gasteiger partial charge >= 0.3 is 5.97 Å². The average Bonchev–Trinajstić information content (AvgIpc) is 3.26. The van der Waals surface area contributed by atoms with Crippen LogP contribution < -0.4 is 5.32 Å². The number of hydrogen-bond acceptors (Lipinski definition) is 6. The molecule has 0 aliphatic carbocycles. The van der Waals surface area contributed by atoms with Gasteiger partial charge in [-0.1, -0.05) is 0 Å². The number of esters is 1. The summed E-state index contributed by atoms with van der Waals surface area (Å²) in [5, 5.41) is 3.46. The highest BCUT2D eigenvalue weighted by molar-refractivity contribution is 7.15. The van der Waals surface area contributed by atoms with E-state index in [0.29, 0.717) is 27.7 Å². The van der Waals surface area contributed by atoms with Crippen LogP contribution in [0.25, 0.3) is 10.8 Å². The van der Waals surface area contributed by atoms with E-state index >= 15 is 0 Å². The summed E-state index contributed by atoms with van der Waals surface area (Å²) in [6, 6.07) is 7.00. The Morgan fingerprint density at radius 1 is 1.23 bits per heavy atom. The molecule has 26 heavy (non-hydrogen) atoms. The van der Waals surface area contributed by atoms with Gasteiger partial charge in [-0.05, 0) is 56.2 Å². The number of carbonyl (C=O) groups is 2. The van der Waals surface area contributed by atoms with Crippen molar-refractivity contribution in [3.8, 4) is 10.8 Å². The van der Waals surface area contributed by atoms with Crippen LogP contribution in [-0.2, 0) is 4.74 Å². The molecule has 2 heterocycles. The number of nitrogens with zero attached hydrogens (tertiary/aromatic N) is 1. The summed E-state index contributed by atoms with van der Waals surface area (Å²) in [7, 11) is 1.33. The number of thiazole rings is 1. The smallest absolute Gasteiger partial charge is 0.338 e. The van der Waals surface area contributed by atoms with Gasteiger partial charge in [0.25, 0.3) is 5.91 Å². The predicted octanol–water partition coefficient (Wildman–Crippen LogP) is 4.37. The first-order valence-corrected chi connectivity index (χ1v) is 8.74. The SMILES string of the molecule is COC(=O)c1cc(NC(=O)c2nc(-c3ccco3)sc2C)cc(C)c1C. The number of hydrogen-bond donors (Lipinski definition) is 1. The molecule has 0 aliphatic heterocycles. The van der Waals surface area contributed by atoms with Crippen LogP contribution in [0.4, 0.5) is 5.69 Å². The Kier molecular flexibility index (Phi) is 4.90. The van der Waals surface area contributed by atoms with Crippen molar-refractivity contribution in [3.05, 3.63) is 57.8 Å². The maximum absolute atomic E-state index is 12.7. The number of carbonyl (C=O) groups excluding carboxylic acids is 2. The quantitative estimate of drug-likeness (QED) is 0.690.